The Morgan fingerprint density at radius 2 is 1.88 bits per heavy atom. The van der Waals surface area contributed by atoms with Gasteiger partial charge in [0.05, 0.1) is 5.60 Å². The summed E-state index contributed by atoms with van der Waals surface area (Å²) in [4.78, 5) is 2.52. The standard InChI is InChI=1S/C13H20N2OS/c1-4-15(9-13(2,3)16)11-7-5-10(6-8-11)12(14)17/h5-8,16H,4,9H2,1-3H3,(H2,14,17). The maximum absolute atomic E-state index is 9.84. The zero-order valence-electron chi connectivity index (χ0n) is 10.6. The summed E-state index contributed by atoms with van der Waals surface area (Å²) in [6.07, 6.45) is 0. The maximum Gasteiger partial charge on any atom is 0.103 e. The van der Waals surface area contributed by atoms with E-state index in [0.29, 0.717) is 11.5 Å². The van der Waals surface area contributed by atoms with Crippen LogP contribution in [-0.4, -0.2) is 28.8 Å². The number of rotatable bonds is 5. The van der Waals surface area contributed by atoms with Gasteiger partial charge in [0.1, 0.15) is 4.99 Å². The highest BCUT2D eigenvalue weighted by Crippen LogP contribution is 2.17. The summed E-state index contributed by atoms with van der Waals surface area (Å²) in [6, 6.07) is 7.77. The number of hydrogen-bond acceptors (Lipinski definition) is 3. The Labute approximate surface area is 108 Å². The second-order valence-electron chi connectivity index (χ2n) is 4.74. The zero-order valence-corrected chi connectivity index (χ0v) is 11.4. The Morgan fingerprint density at radius 1 is 1.35 bits per heavy atom. The van der Waals surface area contributed by atoms with E-state index in [0.717, 1.165) is 17.8 Å². The highest BCUT2D eigenvalue weighted by molar-refractivity contribution is 7.80. The third-order valence-electron chi connectivity index (χ3n) is 2.48. The fourth-order valence-electron chi connectivity index (χ4n) is 1.69. The molecule has 0 atom stereocenters. The fraction of sp³-hybridized carbons (Fsp3) is 0.462. The molecule has 0 unspecified atom stereocenters. The highest BCUT2D eigenvalue weighted by Gasteiger charge is 2.17. The van der Waals surface area contributed by atoms with Gasteiger partial charge >= 0.3 is 0 Å². The van der Waals surface area contributed by atoms with Gasteiger partial charge in [-0.2, -0.15) is 0 Å². The topological polar surface area (TPSA) is 49.5 Å². The lowest BCUT2D eigenvalue weighted by Crippen LogP contribution is -2.38. The van der Waals surface area contributed by atoms with E-state index in [1.165, 1.54) is 0 Å². The van der Waals surface area contributed by atoms with E-state index in [9.17, 15) is 5.11 Å². The lowest BCUT2D eigenvalue weighted by Gasteiger charge is -2.30. The number of likely N-dealkylation sites (N-methyl/N-ethyl adjacent to an activating group) is 1. The van der Waals surface area contributed by atoms with Crippen LogP contribution in [0.1, 0.15) is 26.3 Å². The molecule has 0 bridgehead atoms. The predicted molar refractivity (Wildman–Crippen MR) is 76.5 cm³/mol. The van der Waals surface area contributed by atoms with E-state index >= 15 is 0 Å². The number of hydrogen-bond donors (Lipinski definition) is 2. The van der Waals surface area contributed by atoms with Crippen molar-refractivity contribution in [3.63, 3.8) is 0 Å². The van der Waals surface area contributed by atoms with Crippen LogP contribution in [-0.2, 0) is 0 Å². The number of nitrogens with two attached hydrogens (primary N) is 1. The van der Waals surface area contributed by atoms with Gasteiger partial charge in [-0.05, 0) is 45.0 Å². The minimum absolute atomic E-state index is 0.405. The van der Waals surface area contributed by atoms with Crippen molar-refractivity contribution in [2.24, 2.45) is 5.73 Å². The summed E-state index contributed by atoms with van der Waals surface area (Å²) < 4.78 is 0. The molecule has 0 aliphatic heterocycles. The molecule has 17 heavy (non-hydrogen) atoms. The molecule has 0 aliphatic carbocycles. The molecule has 1 aromatic carbocycles. The molecule has 4 heteroatoms. The molecular formula is C13H20N2OS. The molecular weight excluding hydrogens is 232 g/mol. The first-order valence-corrected chi connectivity index (χ1v) is 6.11. The summed E-state index contributed by atoms with van der Waals surface area (Å²) in [5.74, 6) is 0. The molecule has 0 fully saturated rings. The van der Waals surface area contributed by atoms with E-state index in [-0.39, 0.29) is 0 Å². The van der Waals surface area contributed by atoms with Crippen LogP contribution >= 0.6 is 12.2 Å². The van der Waals surface area contributed by atoms with Crippen LogP contribution in [0.2, 0.25) is 0 Å². The Hall–Kier alpha value is -1.13. The van der Waals surface area contributed by atoms with E-state index < -0.39 is 5.60 Å². The first-order chi connectivity index (χ1) is 7.83. The number of anilines is 1. The van der Waals surface area contributed by atoms with Crippen molar-refractivity contribution < 1.29 is 5.11 Å². The molecule has 0 aromatic heterocycles. The van der Waals surface area contributed by atoms with Crippen LogP contribution in [0.4, 0.5) is 5.69 Å². The molecule has 94 valence electrons. The van der Waals surface area contributed by atoms with Gasteiger partial charge in [-0.3, -0.25) is 0 Å². The monoisotopic (exact) mass is 252 g/mol. The van der Waals surface area contributed by atoms with Crippen LogP contribution < -0.4 is 10.6 Å². The van der Waals surface area contributed by atoms with Crippen molar-refractivity contribution in [3.8, 4) is 0 Å². The number of thiocarbonyl (C=S) groups is 1. The first kappa shape index (κ1) is 13.9. The molecule has 0 aliphatic rings. The molecule has 1 rings (SSSR count). The third kappa shape index (κ3) is 4.32. The normalized spacial score (nSPS) is 11.3. The molecule has 0 heterocycles. The minimum Gasteiger partial charge on any atom is -0.389 e. The van der Waals surface area contributed by atoms with Crippen molar-refractivity contribution in [1.82, 2.24) is 0 Å². The molecule has 1 aromatic rings. The summed E-state index contributed by atoms with van der Waals surface area (Å²) in [5.41, 5.74) is 6.77. The largest absolute Gasteiger partial charge is 0.389 e. The molecule has 0 spiro atoms. The van der Waals surface area contributed by atoms with E-state index in [4.69, 9.17) is 18.0 Å². The summed E-state index contributed by atoms with van der Waals surface area (Å²) in [6.45, 7) is 7.11. The van der Waals surface area contributed by atoms with E-state index in [2.05, 4.69) is 11.8 Å². The summed E-state index contributed by atoms with van der Waals surface area (Å²) in [5, 5.41) is 9.84. The second-order valence-corrected chi connectivity index (χ2v) is 5.18. The fourth-order valence-corrected chi connectivity index (χ4v) is 1.83. The van der Waals surface area contributed by atoms with Gasteiger partial charge < -0.3 is 15.7 Å². The van der Waals surface area contributed by atoms with Gasteiger partial charge in [0.2, 0.25) is 0 Å². The van der Waals surface area contributed by atoms with Crippen molar-refractivity contribution in [2.45, 2.75) is 26.4 Å². The highest BCUT2D eigenvalue weighted by atomic mass is 32.1. The lowest BCUT2D eigenvalue weighted by atomic mass is 10.1. The Bertz CT molecular complexity index is 381. The Morgan fingerprint density at radius 3 is 2.24 bits per heavy atom. The van der Waals surface area contributed by atoms with E-state index in [1.807, 2.05) is 24.3 Å². The van der Waals surface area contributed by atoms with Crippen molar-refractivity contribution >= 4 is 22.9 Å². The van der Waals surface area contributed by atoms with Gasteiger partial charge in [-0.15, -0.1) is 0 Å². The quantitative estimate of drug-likeness (QED) is 0.786. The van der Waals surface area contributed by atoms with Gasteiger partial charge in [0.25, 0.3) is 0 Å². The van der Waals surface area contributed by atoms with E-state index in [1.54, 1.807) is 13.8 Å². The van der Waals surface area contributed by atoms with Crippen LogP contribution in [0, 0.1) is 0 Å². The van der Waals surface area contributed by atoms with Crippen LogP contribution in [0.15, 0.2) is 24.3 Å². The molecule has 3 nitrogen and oxygen atoms in total. The Balaban J connectivity index is 2.86. The average molecular weight is 252 g/mol. The number of benzene rings is 1. The molecule has 0 amide bonds. The minimum atomic E-state index is -0.710. The SMILES string of the molecule is CCN(CC(C)(C)O)c1ccc(C(N)=S)cc1. The van der Waals surface area contributed by atoms with Gasteiger partial charge in [0, 0.05) is 24.3 Å². The summed E-state index contributed by atoms with van der Waals surface area (Å²) in [7, 11) is 0. The molecule has 0 saturated heterocycles. The third-order valence-corrected chi connectivity index (χ3v) is 2.71. The predicted octanol–water partition coefficient (Wildman–Crippen LogP) is 1.92. The molecule has 0 radical (unpaired) electrons. The van der Waals surface area contributed by atoms with Crippen LogP contribution in [0.25, 0.3) is 0 Å². The zero-order chi connectivity index (χ0) is 13.1. The summed E-state index contributed by atoms with van der Waals surface area (Å²) >= 11 is 4.91. The first-order valence-electron chi connectivity index (χ1n) is 5.70. The molecule has 0 saturated carbocycles. The number of aliphatic hydroxyl groups is 1. The van der Waals surface area contributed by atoms with Crippen molar-refractivity contribution in [1.29, 1.82) is 0 Å². The Kier molecular flexibility index (Phi) is 4.48. The number of nitrogens with zero attached hydrogens (tertiary/aromatic N) is 1. The second kappa shape index (κ2) is 5.47. The smallest absolute Gasteiger partial charge is 0.103 e. The van der Waals surface area contributed by atoms with Crippen LogP contribution in [0.3, 0.4) is 0 Å². The average Bonchev–Trinajstić information content (AvgIpc) is 2.25. The van der Waals surface area contributed by atoms with Crippen molar-refractivity contribution in [3.05, 3.63) is 29.8 Å². The molecule has 3 N–H and O–H groups in total. The van der Waals surface area contributed by atoms with Crippen molar-refractivity contribution in [2.75, 3.05) is 18.0 Å². The van der Waals surface area contributed by atoms with Gasteiger partial charge in [-0.25, -0.2) is 0 Å². The van der Waals surface area contributed by atoms with Crippen LogP contribution in [0.5, 0.6) is 0 Å². The van der Waals surface area contributed by atoms with Gasteiger partial charge in [-0.1, -0.05) is 12.2 Å². The lowest BCUT2D eigenvalue weighted by molar-refractivity contribution is 0.0876. The maximum atomic E-state index is 9.84. The van der Waals surface area contributed by atoms with Gasteiger partial charge in [0.15, 0.2) is 0 Å².